The van der Waals surface area contributed by atoms with Crippen molar-refractivity contribution in [1.29, 1.82) is 0 Å². The maximum Gasteiger partial charge on any atom is 0.140 e. The van der Waals surface area contributed by atoms with Gasteiger partial charge in [0.2, 0.25) is 0 Å². The number of hydrogen-bond donors (Lipinski definition) is 1. The van der Waals surface area contributed by atoms with E-state index in [0.29, 0.717) is 6.54 Å². The van der Waals surface area contributed by atoms with Crippen LogP contribution in [0.25, 0.3) is 22.4 Å². The molecule has 0 spiro atoms. The van der Waals surface area contributed by atoms with E-state index in [4.69, 9.17) is 10.7 Å². The van der Waals surface area contributed by atoms with E-state index in [1.54, 1.807) is 0 Å². The number of nitrogens with zero attached hydrogens (tertiary/aromatic N) is 3. The zero-order valence-electron chi connectivity index (χ0n) is 11.1. The minimum Gasteiger partial charge on any atom is -0.327 e. The van der Waals surface area contributed by atoms with Crippen molar-refractivity contribution < 1.29 is 0 Å². The molecule has 0 amide bonds. The predicted octanol–water partition coefficient (Wildman–Crippen LogP) is 2.40. The Labute approximate surface area is 111 Å². The average Bonchev–Trinajstić information content (AvgIpc) is 2.75. The van der Waals surface area contributed by atoms with Crippen LogP contribution in [0.4, 0.5) is 0 Å². The van der Waals surface area contributed by atoms with Crippen molar-refractivity contribution in [1.82, 2.24) is 14.5 Å². The van der Waals surface area contributed by atoms with Gasteiger partial charge in [0.15, 0.2) is 0 Å². The highest BCUT2D eigenvalue weighted by Gasteiger charge is 2.10. The van der Waals surface area contributed by atoms with Gasteiger partial charge in [0.05, 0.1) is 11.0 Å². The number of hydrogen-bond acceptors (Lipinski definition) is 3. The minimum absolute atomic E-state index is 0.538. The van der Waals surface area contributed by atoms with E-state index in [-0.39, 0.29) is 0 Å². The summed E-state index contributed by atoms with van der Waals surface area (Å²) in [6, 6.07) is 10.2. The molecule has 1 aromatic carbocycles. The Bertz CT molecular complexity index is 743. The molecule has 0 aliphatic carbocycles. The minimum atomic E-state index is 0.538. The Hall–Kier alpha value is -2.20. The quantitative estimate of drug-likeness (QED) is 0.762. The molecule has 0 saturated heterocycles. The van der Waals surface area contributed by atoms with Gasteiger partial charge >= 0.3 is 0 Å². The van der Waals surface area contributed by atoms with Crippen LogP contribution < -0.4 is 5.73 Å². The van der Waals surface area contributed by atoms with Gasteiger partial charge in [-0.3, -0.25) is 4.98 Å². The van der Waals surface area contributed by atoms with Crippen LogP contribution in [0.1, 0.15) is 11.3 Å². The maximum atomic E-state index is 5.67. The molecule has 3 aromatic rings. The van der Waals surface area contributed by atoms with Crippen LogP contribution in [0.15, 0.2) is 36.5 Å². The van der Waals surface area contributed by atoms with Gasteiger partial charge in [-0.05, 0) is 36.8 Å². The van der Waals surface area contributed by atoms with Gasteiger partial charge in [-0.1, -0.05) is 6.07 Å². The van der Waals surface area contributed by atoms with Gasteiger partial charge in [0.1, 0.15) is 5.82 Å². The molecule has 4 nitrogen and oxygen atoms in total. The van der Waals surface area contributed by atoms with Gasteiger partial charge in [-0.15, -0.1) is 0 Å². The molecule has 96 valence electrons. The monoisotopic (exact) mass is 252 g/mol. The second-order valence-corrected chi connectivity index (χ2v) is 4.71. The lowest BCUT2D eigenvalue weighted by atomic mass is 10.2. The van der Waals surface area contributed by atoms with Crippen LogP contribution in [0.3, 0.4) is 0 Å². The summed E-state index contributed by atoms with van der Waals surface area (Å²) in [7, 11) is 2.03. The summed E-state index contributed by atoms with van der Waals surface area (Å²) in [5.74, 6) is 0.953. The van der Waals surface area contributed by atoms with Crippen LogP contribution in [-0.2, 0) is 13.6 Å². The fourth-order valence-corrected chi connectivity index (χ4v) is 2.32. The summed E-state index contributed by atoms with van der Waals surface area (Å²) >= 11 is 0. The van der Waals surface area contributed by atoms with E-state index >= 15 is 0 Å². The van der Waals surface area contributed by atoms with Gasteiger partial charge in [-0.2, -0.15) is 0 Å². The predicted molar refractivity (Wildman–Crippen MR) is 76.6 cm³/mol. The number of aryl methyl sites for hydroxylation is 2. The average molecular weight is 252 g/mol. The SMILES string of the molecule is Cc1cc(-c2nc3cc(CN)ccc3n2C)ccn1. The van der Waals surface area contributed by atoms with Crippen LogP contribution >= 0.6 is 0 Å². The zero-order valence-corrected chi connectivity index (χ0v) is 11.1. The smallest absolute Gasteiger partial charge is 0.140 e. The van der Waals surface area contributed by atoms with E-state index in [9.17, 15) is 0 Å². The largest absolute Gasteiger partial charge is 0.327 e. The van der Waals surface area contributed by atoms with Gasteiger partial charge in [0.25, 0.3) is 0 Å². The third kappa shape index (κ3) is 2.00. The normalized spacial score (nSPS) is 11.1. The first kappa shape index (κ1) is 11.9. The van der Waals surface area contributed by atoms with Crippen molar-refractivity contribution in [3.8, 4) is 11.4 Å². The van der Waals surface area contributed by atoms with E-state index in [0.717, 1.165) is 33.7 Å². The summed E-state index contributed by atoms with van der Waals surface area (Å²) in [4.78, 5) is 8.93. The van der Waals surface area contributed by atoms with E-state index < -0.39 is 0 Å². The molecular weight excluding hydrogens is 236 g/mol. The summed E-state index contributed by atoms with van der Waals surface area (Å²) in [6.45, 7) is 2.52. The highest BCUT2D eigenvalue weighted by Crippen LogP contribution is 2.24. The molecule has 0 atom stereocenters. The van der Waals surface area contributed by atoms with Crippen LogP contribution in [0, 0.1) is 6.92 Å². The molecule has 2 N–H and O–H groups in total. The van der Waals surface area contributed by atoms with Crippen LogP contribution in [-0.4, -0.2) is 14.5 Å². The fourth-order valence-electron chi connectivity index (χ4n) is 2.32. The summed E-state index contributed by atoms with van der Waals surface area (Å²) in [5.41, 5.74) is 10.9. The molecule has 2 aromatic heterocycles. The van der Waals surface area contributed by atoms with E-state index in [1.807, 2.05) is 44.4 Å². The number of aromatic nitrogens is 3. The molecule has 0 radical (unpaired) electrons. The molecule has 0 fully saturated rings. The van der Waals surface area contributed by atoms with Crippen molar-refractivity contribution in [2.75, 3.05) is 0 Å². The number of imidazole rings is 1. The number of benzene rings is 1. The summed E-state index contributed by atoms with van der Waals surface area (Å²) in [6.07, 6.45) is 1.81. The third-order valence-corrected chi connectivity index (χ3v) is 3.34. The maximum absolute atomic E-state index is 5.67. The number of rotatable bonds is 2. The third-order valence-electron chi connectivity index (χ3n) is 3.34. The first-order valence-corrected chi connectivity index (χ1v) is 6.27. The molecule has 2 heterocycles. The number of nitrogens with two attached hydrogens (primary N) is 1. The molecule has 0 saturated carbocycles. The van der Waals surface area contributed by atoms with Crippen molar-refractivity contribution in [3.63, 3.8) is 0 Å². The van der Waals surface area contributed by atoms with Crippen LogP contribution in [0.2, 0.25) is 0 Å². The van der Waals surface area contributed by atoms with Gasteiger partial charge in [0, 0.05) is 31.0 Å². The summed E-state index contributed by atoms with van der Waals surface area (Å²) in [5, 5.41) is 0. The molecule has 0 aliphatic rings. The second-order valence-electron chi connectivity index (χ2n) is 4.71. The standard InChI is InChI=1S/C15H16N4/c1-10-7-12(5-6-17-10)15-18-13-8-11(9-16)3-4-14(13)19(15)2/h3-8H,9,16H2,1-2H3. The second kappa shape index (κ2) is 4.48. The van der Waals surface area contributed by atoms with E-state index in [1.165, 1.54) is 0 Å². The zero-order chi connectivity index (χ0) is 13.4. The summed E-state index contributed by atoms with van der Waals surface area (Å²) < 4.78 is 2.10. The number of pyridine rings is 1. The highest BCUT2D eigenvalue weighted by atomic mass is 15.1. The molecule has 4 heteroatoms. The Morgan fingerprint density at radius 1 is 1.21 bits per heavy atom. The highest BCUT2D eigenvalue weighted by molar-refractivity contribution is 5.81. The van der Waals surface area contributed by atoms with Crippen molar-refractivity contribution >= 4 is 11.0 Å². The number of fused-ring (bicyclic) bond motifs is 1. The van der Waals surface area contributed by atoms with Crippen molar-refractivity contribution in [3.05, 3.63) is 47.8 Å². The molecule has 0 unspecified atom stereocenters. The van der Waals surface area contributed by atoms with Gasteiger partial charge < -0.3 is 10.3 Å². The lowest BCUT2D eigenvalue weighted by molar-refractivity contribution is 0.957. The van der Waals surface area contributed by atoms with Crippen molar-refractivity contribution in [2.24, 2.45) is 12.8 Å². The first-order valence-electron chi connectivity index (χ1n) is 6.27. The Morgan fingerprint density at radius 3 is 2.79 bits per heavy atom. The molecule has 0 bridgehead atoms. The Kier molecular flexibility index (Phi) is 2.80. The Morgan fingerprint density at radius 2 is 2.05 bits per heavy atom. The lowest BCUT2D eigenvalue weighted by Gasteiger charge is -2.03. The molecule has 19 heavy (non-hydrogen) atoms. The molecule has 0 aliphatic heterocycles. The van der Waals surface area contributed by atoms with E-state index in [2.05, 4.69) is 15.6 Å². The lowest BCUT2D eigenvalue weighted by Crippen LogP contribution is -1.96. The first-order chi connectivity index (χ1) is 9.19. The fraction of sp³-hybridized carbons (Fsp3) is 0.200. The van der Waals surface area contributed by atoms with Crippen molar-refractivity contribution in [2.45, 2.75) is 13.5 Å². The van der Waals surface area contributed by atoms with Gasteiger partial charge in [-0.25, -0.2) is 4.98 Å². The molecule has 3 rings (SSSR count). The van der Waals surface area contributed by atoms with Crippen LogP contribution in [0.5, 0.6) is 0 Å². The molecular formula is C15H16N4. The topological polar surface area (TPSA) is 56.7 Å². The Balaban J connectivity index is 2.22.